The van der Waals surface area contributed by atoms with E-state index >= 15 is 0 Å². The molecule has 2 heterocycles. The van der Waals surface area contributed by atoms with Crippen LogP contribution in [0.25, 0.3) is 4.96 Å². The van der Waals surface area contributed by atoms with E-state index in [1.807, 2.05) is 16.6 Å². The smallest absolute Gasteiger partial charge is 0.234 e. The maximum Gasteiger partial charge on any atom is 0.234 e. The molecular formula is C14H15N5S. The molecule has 1 saturated carbocycles. The van der Waals surface area contributed by atoms with Crippen molar-refractivity contribution in [3.05, 3.63) is 46.2 Å². The molecule has 1 aromatic carbocycles. The standard InChI is InChI=1S/C14H15N5S/c15-8-11-4-2-1-3-10(11)7-12-18-19-13(9-5-6-9)16-17-14(19)20-12/h1-4,9H,5-8,15H2. The van der Waals surface area contributed by atoms with Gasteiger partial charge in [0.2, 0.25) is 4.96 Å². The number of benzene rings is 1. The molecule has 0 bridgehead atoms. The Morgan fingerprint density at radius 2 is 2.00 bits per heavy atom. The van der Waals surface area contributed by atoms with Crippen molar-refractivity contribution in [2.45, 2.75) is 31.7 Å². The molecule has 0 amide bonds. The molecule has 102 valence electrons. The van der Waals surface area contributed by atoms with Crippen LogP contribution in [-0.2, 0) is 13.0 Å². The Hall–Kier alpha value is -1.79. The van der Waals surface area contributed by atoms with E-state index in [0.29, 0.717) is 12.5 Å². The van der Waals surface area contributed by atoms with Crippen molar-refractivity contribution in [2.24, 2.45) is 5.73 Å². The highest BCUT2D eigenvalue weighted by Gasteiger charge is 2.30. The van der Waals surface area contributed by atoms with E-state index in [1.54, 1.807) is 11.3 Å². The maximum absolute atomic E-state index is 5.79. The third-order valence-electron chi connectivity index (χ3n) is 3.68. The summed E-state index contributed by atoms with van der Waals surface area (Å²) in [6, 6.07) is 8.26. The summed E-state index contributed by atoms with van der Waals surface area (Å²) in [7, 11) is 0. The normalized spacial score (nSPS) is 15.1. The van der Waals surface area contributed by atoms with E-state index in [1.165, 1.54) is 24.0 Å². The van der Waals surface area contributed by atoms with Gasteiger partial charge in [-0.25, -0.2) is 0 Å². The zero-order valence-electron chi connectivity index (χ0n) is 11.0. The summed E-state index contributed by atoms with van der Waals surface area (Å²) in [5.41, 5.74) is 8.21. The highest BCUT2D eigenvalue weighted by molar-refractivity contribution is 7.16. The Morgan fingerprint density at radius 1 is 1.20 bits per heavy atom. The van der Waals surface area contributed by atoms with Gasteiger partial charge >= 0.3 is 0 Å². The molecule has 0 atom stereocenters. The van der Waals surface area contributed by atoms with Gasteiger partial charge in [0.25, 0.3) is 0 Å². The Kier molecular flexibility index (Phi) is 2.78. The van der Waals surface area contributed by atoms with E-state index < -0.39 is 0 Å². The number of hydrogen-bond donors (Lipinski definition) is 1. The molecular weight excluding hydrogens is 270 g/mol. The number of fused-ring (bicyclic) bond motifs is 1. The molecule has 0 spiro atoms. The lowest BCUT2D eigenvalue weighted by molar-refractivity contribution is 0.808. The fourth-order valence-corrected chi connectivity index (χ4v) is 3.29. The second-order valence-corrected chi connectivity index (χ2v) is 6.21. The lowest BCUT2D eigenvalue weighted by Gasteiger charge is -2.04. The van der Waals surface area contributed by atoms with E-state index in [4.69, 9.17) is 5.73 Å². The van der Waals surface area contributed by atoms with Crippen molar-refractivity contribution in [1.82, 2.24) is 19.8 Å². The van der Waals surface area contributed by atoms with Gasteiger partial charge in [-0.05, 0) is 24.0 Å². The van der Waals surface area contributed by atoms with Crippen molar-refractivity contribution >= 4 is 16.3 Å². The average Bonchev–Trinajstić information content (AvgIpc) is 3.11. The molecule has 20 heavy (non-hydrogen) atoms. The first-order valence-electron chi connectivity index (χ1n) is 6.83. The number of nitrogens with two attached hydrogens (primary N) is 1. The summed E-state index contributed by atoms with van der Waals surface area (Å²) >= 11 is 1.61. The van der Waals surface area contributed by atoms with E-state index in [2.05, 4.69) is 27.4 Å². The summed E-state index contributed by atoms with van der Waals surface area (Å²) in [6.07, 6.45) is 3.23. The fraction of sp³-hybridized carbons (Fsp3) is 0.357. The third kappa shape index (κ3) is 2.01. The van der Waals surface area contributed by atoms with Crippen molar-refractivity contribution in [1.29, 1.82) is 0 Å². The first-order chi connectivity index (χ1) is 9.85. The van der Waals surface area contributed by atoms with Gasteiger partial charge in [0, 0.05) is 18.9 Å². The summed E-state index contributed by atoms with van der Waals surface area (Å²) in [5.74, 6) is 1.59. The molecule has 0 radical (unpaired) electrons. The highest BCUT2D eigenvalue weighted by Crippen LogP contribution is 2.39. The molecule has 2 N–H and O–H groups in total. The molecule has 6 heteroatoms. The van der Waals surface area contributed by atoms with Gasteiger partial charge in [-0.1, -0.05) is 35.6 Å². The Morgan fingerprint density at radius 3 is 2.75 bits per heavy atom. The van der Waals surface area contributed by atoms with Gasteiger partial charge < -0.3 is 5.73 Å². The van der Waals surface area contributed by atoms with Gasteiger partial charge in [0.05, 0.1) is 0 Å². The van der Waals surface area contributed by atoms with Crippen LogP contribution in [0.4, 0.5) is 0 Å². The molecule has 2 aromatic heterocycles. The van der Waals surface area contributed by atoms with Gasteiger partial charge in [-0.2, -0.15) is 9.61 Å². The minimum absolute atomic E-state index is 0.563. The molecule has 0 unspecified atom stereocenters. The molecule has 1 aliphatic rings. The molecule has 1 fully saturated rings. The van der Waals surface area contributed by atoms with Gasteiger partial charge in [0.1, 0.15) is 5.01 Å². The average molecular weight is 285 g/mol. The first kappa shape index (κ1) is 12.0. The molecule has 1 aliphatic carbocycles. The third-order valence-corrected chi connectivity index (χ3v) is 4.58. The second kappa shape index (κ2) is 4.64. The number of nitrogens with zero attached hydrogens (tertiary/aromatic N) is 4. The second-order valence-electron chi connectivity index (χ2n) is 5.17. The van der Waals surface area contributed by atoms with Crippen LogP contribution in [0.3, 0.4) is 0 Å². The molecule has 5 nitrogen and oxygen atoms in total. The zero-order chi connectivity index (χ0) is 13.5. The van der Waals surface area contributed by atoms with Crippen molar-refractivity contribution in [3.63, 3.8) is 0 Å². The minimum atomic E-state index is 0.563. The molecule has 0 saturated heterocycles. The van der Waals surface area contributed by atoms with Crippen LogP contribution in [0.5, 0.6) is 0 Å². The Balaban J connectivity index is 1.68. The molecule has 4 rings (SSSR count). The lowest BCUT2D eigenvalue weighted by atomic mass is 10.1. The first-order valence-corrected chi connectivity index (χ1v) is 7.64. The van der Waals surface area contributed by atoms with Crippen molar-refractivity contribution in [2.75, 3.05) is 0 Å². The monoisotopic (exact) mass is 285 g/mol. The fourth-order valence-electron chi connectivity index (χ4n) is 2.43. The van der Waals surface area contributed by atoms with Crippen LogP contribution in [0, 0.1) is 0 Å². The summed E-state index contributed by atoms with van der Waals surface area (Å²) in [4.78, 5) is 0.895. The predicted octanol–water partition coefficient (Wildman–Crippen LogP) is 2.11. The highest BCUT2D eigenvalue weighted by atomic mass is 32.1. The van der Waals surface area contributed by atoms with Gasteiger partial charge in [-0.3, -0.25) is 0 Å². The molecule has 0 aliphatic heterocycles. The molecule has 3 aromatic rings. The summed E-state index contributed by atoms with van der Waals surface area (Å²) < 4.78 is 1.92. The SMILES string of the molecule is NCc1ccccc1Cc1nn2c(C3CC3)nnc2s1. The number of rotatable bonds is 4. The number of aromatic nitrogens is 4. The predicted molar refractivity (Wildman–Crippen MR) is 77.8 cm³/mol. The Labute approximate surface area is 120 Å². The topological polar surface area (TPSA) is 69.1 Å². The van der Waals surface area contributed by atoms with Crippen LogP contribution in [0.15, 0.2) is 24.3 Å². The van der Waals surface area contributed by atoms with Crippen molar-refractivity contribution in [3.8, 4) is 0 Å². The van der Waals surface area contributed by atoms with Crippen LogP contribution in [0.2, 0.25) is 0 Å². The lowest BCUT2D eigenvalue weighted by Crippen LogP contribution is -2.02. The van der Waals surface area contributed by atoms with E-state index in [0.717, 1.165) is 22.2 Å². The van der Waals surface area contributed by atoms with Crippen LogP contribution in [-0.4, -0.2) is 19.8 Å². The van der Waals surface area contributed by atoms with Gasteiger partial charge in [-0.15, -0.1) is 10.2 Å². The van der Waals surface area contributed by atoms with Crippen LogP contribution >= 0.6 is 11.3 Å². The van der Waals surface area contributed by atoms with E-state index in [-0.39, 0.29) is 0 Å². The Bertz CT molecular complexity index is 756. The van der Waals surface area contributed by atoms with E-state index in [9.17, 15) is 0 Å². The summed E-state index contributed by atoms with van der Waals surface area (Å²) in [5, 5.41) is 14.2. The number of hydrogen-bond acceptors (Lipinski definition) is 5. The van der Waals surface area contributed by atoms with Crippen LogP contribution < -0.4 is 5.73 Å². The minimum Gasteiger partial charge on any atom is -0.326 e. The largest absolute Gasteiger partial charge is 0.326 e. The quantitative estimate of drug-likeness (QED) is 0.797. The zero-order valence-corrected chi connectivity index (χ0v) is 11.8. The van der Waals surface area contributed by atoms with Crippen molar-refractivity contribution < 1.29 is 0 Å². The van der Waals surface area contributed by atoms with Crippen LogP contribution in [0.1, 0.15) is 40.7 Å². The van der Waals surface area contributed by atoms with Gasteiger partial charge in [0.15, 0.2) is 5.82 Å². The maximum atomic E-state index is 5.79. The summed E-state index contributed by atoms with van der Waals surface area (Å²) in [6.45, 7) is 0.563.